The first-order valence-electron chi connectivity index (χ1n) is 3.50. The van der Waals surface area contributed by atoms with Crippen LogP contribution in [-0.4, -0.2) is 14.6 Å². The van der Waals surface area contributed by atoms with E-state index in [0.29, 0.717) is 11.7 Å². The second kappa shape index (κ2) is 2.73. The van der Waals surface area contributed by atoms with Crippen molar-refractivity contribution in [3.63, 3.8) is 0 Å². The van der Waals surface area contributed by atoms with Crippen molar-refractivity contribution in [2.24, 2.45) is 5.73 Å². The molecule has 0 atom stereocenters. The minimum Gasteiger partial charge on any atom is -0.325 e. The molecule has 0 unspecified atom stereocenters. The lowest BCUT2D eigenvalue weighted by molar-refractivity contribution is 0.846. The van der Waals surface area contributed by atoms with Gasteiger partial charge in [0.1, 0.15) is 5.15 Å². The fraction of sp³-hybridized carbons (Fsp3) is 0.143. The van der Waals surface area contributed by atoms with Crippen LogP contribution in [0.2, 0.25) is 5.15 Å². The Balaban J connectivity index is 2.75. The van der Waals surface area contributed by atoms with Crippen LogP contribution in [0.3, 0.4) is 0 Å². The highest BCUT2D eigenvalue weighted by molar-refractivity contribution is 6.29. The molecule has 2 aromatic heterocycles. The number of rotatable bonds is 1. The molecule has 4 nitrogen and oxygen atoms in total. The van der Waals surface area contributed by atoms with E-state index in [-0.39, 0.29) is 0 Å². The molecule has 12 heavy (non-hydrogen) atoms. The number of halogens is 1. The summed E-state index contributed by atoms with van der Waals surface area (Å²) >= 11 is 5.70. The summed E-state index contributed by atoms with van der Waals surface area (Å²) in [5.41, 5.74) is 7.08. The van der Waals surface area contributed by atoms with E-state index in [0.717, 1.165) is 11.3 Å². The summed E-state index contributed by atoms with van der Waals surface area (Å²) < 4.78 is 1.64. The third-order valence-corrected chi connectivity index (χ3v) is 1.81. The molecule has 0 aliphatic heterocycles. The largest absolute Gasteiger partial charge is 0.325 e. The summed E-state index contributed by atoms with van der Waals surface area (Å²) in [5.74, 6) is 0. The van der Waals surface area contributed by atoms with Gasteiger partial charge in [-0.15, -0.1) is 0 Å². The molecule has 2 aromatic rings. The second-order valence-corrected chi connectivity index (χ2v) is 2.77. The second-order valence-electron chi connectivity index (χ2n) is 2.38. The predicted octanol–water partition coefficient (Wildman–Crippen LogP) is 0.841. The number of hydrogen-bond acceptors (Lipinski definition) is 3. The Morgan fingerprint density at radius 3 is 3.08 bits per heavy atom. The number of nitrogens with zero attached hydrogens (tertiary/aromatic N) is 3. The Kier molecular flexibility index (Phi) is 1.71. The molecule has 62 valence electrons. The maximum absolute atomic E-state index is 5.70. The number of imidazole rings is 1. The van der Waals surface area contributed by atoms with Crippen molar-refractivity contribution in [1.82, 2.24) is 14.6 Å². The van der Waals surface area contributed by atoms with E-state index in [4.69, 9.17) is 17.3 Å². The van der Waals surface area contributed by atoms with Gasteiger partial charge < -0.3 is 5.73 Å². The molecule has 0 aromatic carbocycles. The van der Waals surface area contributed by atoms with Gasteiger partial charge in [0.2, 0.25) is 0 Å². The van der Waals surface area contributed by atoms with Crippen LogP contribution in [0.1, 0.15) is 5.69 Å². The fourth-order valence-electron chi connectivity index (χ4n) is 1.04. The van der Waals surface area contributed by atoms with Crippen molar-refractivity contribution in [1.29, 1.82) is 0 Å². The van der Waals surface area contributed by atoms with E-state index in [9.17, 15) is 0 Å². The lowest BCUT2D eigenvalue weighted by Gasteiger charge is -1.96. The van der Waals surface area contributed by atoms with E-state index in [1.54, 1.807) is 22.8 Å². The summed E-state index contributed by atoms with van der Waals surface area (Å²) in [6, 6.07) is 3.50. The van der Waals surface area contributed by atoms with Crippen LogP contribution >= 0.6 is 11.6 Å². The average molecular weight is 183 g/mol. The maximum atomic E-state index is 5.70. The smallest absolute Gasteiger partial charge is 0.153 e. The fourth-order valence-corrected chi connectivity index (χ4v) is 1.18. The highest BCUT2D eigenvalue weighted by atomic mass is 35.5. The molecule has 0 radical (unpaired) electrons. The SMILES string of the molecule is NCc1cnc2ccc(Cl)nn12. The highest BCUT2D eigenvalue weighted by Gasteiger charge is 2.01. The zero-order valence-corrected chi connectivity index (χ0v) is 6.99. The van der Waals surface area contributed by atoms with Crippen LogP contribution in [-0.2, 0) is 6.54 Å². The van der Waals surface area contributed by atoms with Crippen LogP contribution in [0.4, 0.5) is 0 Å². The van der Waals surface area contributed by atoms with Gasteiger partial charge in [-0.1, -0.05) is 11.6 Å². The van der Waals surface area contributed by atoms with Gasteiger partial charge in [0.25, 0.3) is 0 Å². The molecule has 0 aliphatic rings. The molecule has 0 fully saturated rings. The molecule has 0 saturated heterocycles. The predicted molar refractivity (Wildman–Crippen MR) is 45.9 cm³/mol. The molecule has 0 spiro atoms. The van der Waals surface area contributed by atoms with E-state index in [1.165, 1.54) is 0 Å². The quantitative estimate of drug-likeness (QED) is 0.711. The Morgan fingerprint density at radius 2 is 2.33 bits per heavy atom. The van der Waals surface area contributed by atoms with Gasteiger partial charge in [-0.3, -0.25) is 0 Å². The highest BCUT2D eigenvalue weighted by Crippen LogP contribution is 2.08. The summed E-state index contributed by atoms with van der Waals surface area (Å²) in [6.07, 6.45) is 1.69. The Hall–Kier alpha value is -1.13. The van der Waals surface area contributed by atoms with Gasteiger partial charge in [0, 0.05) is 6.54 Å². The number of nitrogens with two attached hydrogens (primary N) is 1. The standard InChI is InChI=1S/C7H7ClN4/c8-6-1-2-7-10-4-5(3-9)12(7)11-6/h1-2,4H,3,9H2. The average Bonchev–Trinajstić information content (AvgIpc) is 2.46. The maximum Gasteiger partial charge on any atom is 0.153 e. The molecule has 0 saturated carbocycles. The molecular weight excluding hydrogens is 176 g/mol. The lowest BCUT2D eigenvalue weighted by Crippen LogP contribution is -2.03. The zero-order valence-electron chi connectivity index (χ0n) is 6.24. The molecule has 0 bridgehead atoms. The topological polar surface area (TPSA) is 56.2 Å². The van der Waals surface area contributed by atoms with E-state index in [1.807, 2.05) is 0 Å². The molecule has 5 heteroatoms. The summed E-state index contributed by atoms with van der Waals surface area (Å²) in [7, 11) is 0. The molecule has 0 amide bonds. The van der Waals surface area contributed by atoms with Crippen molar-refractivity contribution < 1.29 is 0 Å². The number of hydrogen-bond donors (Lipinski definition) is 1. The first-order valence-corrected chi connectivity index (χ1v) is 3.88. The summed E-state index contributed by atoms with van der Waals surface area (Å²) in [5, 5.41) is 4.49. The third kappa shape index (κ3) is 1.05. The van der Waals surface area contributed by atoms with E-state index >= 15 is 0 Å². The van der Waals surface area contributed by atoms with Crippen LogP contribution in [0, 0.1) is 0 Å². The molecule has 2 N–H and O–H groups in total. The normalized spacial score (nSPS) is 10.8. The third-order valence-electron chi connectivity index (χ3n) is 1.61. The molecule has 2 heterocycles. The monoisotopic (exact) mass is 182 g/mol. The summed E-state index contributed by atoms with van der Waals surface area (Å²) in [4.78, 5) is 4.09. The minimum atomic E-state index is 0.411. The number of fused-ring (bicyclic) bond motifs is 1. The van der Waals surface area contributed by atoms with Crippen molar-refractivity contribution in [2.75, 3.05) is 0 Å². The lowest BCUT2D eigenvalue weighted by atomic mass is 10.5. The zero-order chi connectivity index (χ0) is 8.55. The van der Waals surface area contributed by atoms with E-state index < -0.39 is 0 Å². The van der Waals surface area contributed by atoms with Gasteiger partial charge in [0.15, 0.2) is 5.65 Å². The summed E-state index contributed by atoms with van der Waals surface area (Å²) in [6.45, 7) is 0.411. The minimum absolute atomic E-state index is 0.411. The molecular formula is C7H7ClN4. The van der Waals surface area contributed by atoms with Gasteiger partial charge in [-0.05, 0) is 12.1 Å². The van der Waals surface area contributed by atoms with Crippen molar-refractivity contribution in [3.8, 4) is 0 Å². The number of aromatic nitrogens is 3. The first kappa shape index (κ1) is 7.52. The van der Waals surface area contributed by atoms with Gasteiger partial charge in [0.05, 0.1) is 11.9 Å². The van der Waals surface area contributed by atoms with Crippen LogP contribution < -0.4 is 5.73 Å². The molecule has 2 rings (SSSR count). The first-order chi connectivity index (χ1) is 5.81. The van der Waals surface area contributed by atoms with Crippen molar-refractivity contribution >= 4 is 17.2 Å². The van der Waals surface area contributed by atoms with Crippen LogP contribution in [0.5, 0.6) is 0 Å². The van der Waals surface area contributed by atoms with Gasteiger partial charge in [-0.25, -0.2) is 9.50 Å². The van der Waals surface area contributed by atoms with Gasteiger partial charge in [-0.2, -0.15) is 5.10 Å². The Labute approximate surface area is 74.0 Å². The van der Waals surface area contributed by atoms with Gasteiger partial charge >= 0.3 is 0 Å². The van der Waals surface area contributed by atoms with Crippen molar-refractivity contribution in [2.45, 2.75) is 6.54 Å². The van der Waals surface area contributed by atoms with Crippen LogP contribution in [0.25, 0.3) is 5.65 Å². The van der Waals surface area contributed by atoms with Crippen molar-refractivity contribution in [3.05, 3.63) is 29.2 Å². The Morgan fingerprint density at radius 1 is 1.50 bits per heavy atom. The Bertz CT molecular complexity index is 409. The van der Waals surface area contributed by atoms with Crippen LogP contribution in [0.15, 0.2) is 18.3 Å². The molecule has 0 aliphatic carbocycles. The van der Waals surface area contributed by atoms with E-state index in [2.05, 4.69) is 10.1 Å².